The molecule has 31 heavy (non-hydrogen) atoms. The lowest BCUT2D eigenvalue weighted by molar-refractivity contribution is -0.124. The molecule has 1 aliphatic rings. The predicted molar refractivity (Wildman–Crippen MR) is 116 cm³/mol. The van der Waals surface area contributed by atoms with Crippen molar-refractivity contribution in [3.05, 3.63) is 60.2 Å². The van der Waals surface area contributed by atoms with Crippen LogP contribution in [0.4, 0.5) is 0 Å². The van der Waals surface area contributed by atoms with Gasteiger partial charge in [0.2, 0.25) is 15.9 Å². The summed E-state index contributed by atoms with van der Waals surface area (Å²) in [5.74, 6) is 0.0810. The number of nitrogens with one attached hydrogen (secondary N) is 2. The Bertz CT molecular complexity index is 994. The Morgan fingerprint density at radius 2 is 1.71 bits per heavy atom. The van der Waals surface area contributed by atoms with E-state index in [1.165, 1.54) is 23.5 Å². The number of carbonyl (C=O) groups is 2. The van der Waals surface area contributed by atoms with Crippen LogP contribution in [0.5, 0.6) is 5.75 Å². The van der Waals surface area contributed by atoms with E-state index < -0.39 is 16.1 Å². The average Bonchev–Trinajstić information content (AvgIpc) is 3.30. The molecule has 0 bridgehead atoms. The van der Waals surface area contributed by atoms with E-state index in [1.807, 2.05) is 6.07 Å². The van der Waals surface area contributed by atoms with Crippen LogP contribution in [-0.4, -0.2) is 57.3 Å². The molecule has 2 aromatic rings. The highest BCUT2D eigenvalue weighted by molar-refractivity contribution is 7.89. The highest BCUT2D eigenvalue weighted by Crippen LogP contribution is 2.27. The molecule has 0 radical (unpaired) electrons. The zero-order chi connectivity index (χ0) is 22.3. The van der Waals surface area contributed by atoms with Crippen molar-refractivity contribution in [3.63, 3.8) is 0 Å². The van der Waals surface area contributed by atoms with Crippen molar-refractivity contribution in [2.45, 2.75) is 30.2 Å². The predicted octanol–water partition coefficient (Wildman–Crippen LogP) is 1.78. The molecule has 1 atom stereocenters. The van der Waals surface area contributed by atoms with Crippen LogP contribution in [0.25, 0.3) is 0 Å². The van der Waals surface area contributed by atoms with Crippen molar-refractivity contribution in [1.29, 1.82) is 0 Å². The van der Waals surface area contributed by atoms with Gasteiger partial charge in [0, 0.05) is 25.2 Å². The van der Waals surface area contributed by atoms with Gasteiger partial charge in [0.05, 0.1) is 12.0 Å². The molecule has 0 spiro atoms. The second-order valence-corrected chi connectivity index (χ2v) is 9.11. The summed E-state index contributed by atoms with van der Waals surface area (Å²) in [6.45, 7) is 1.06. The quantitative estimate of drug-likeness (QED) is 0.573. The largest absolute Gasteiger partial charge is 0.497 e. The Balaban J connectivity index is 1.49. The highest BCUT2D eigenvalue weighted by atomic mass is 32.2. The summed E-state index contributed by atoms with van der Waals surface area (Å²) in [6.07, 6.45) is 1.65. The summed E-state index contributed by atoms with van der Waals surface area (Å²) in [7, 11) is -2.26. The number of methoxy groups -OCH3 is 1. The van der Waals surface area contributed by atoms with E-state index in [0.717, 1.165) is 0 Å². The van der Waals surface area contributed by atoms with Gasteiger partial charge in [-0.25, -0.2) is 8.42 Å². The van der Waals surface area contributed by atoms with Gasteiger partial charge in [-0.05, 0) is 55.7 Å². The number of hydrogen-bond acceptors (Lipinski definition) is 5. The zero-order valence-corrected chi connectivity index (χ0v) is 18.2. The number of carbonyl (C=O) groups excluding carboxylic acids is 2. The standard InChI is InChI=1S/C22H27N3O5S/c1-30-18-10-12-19(13-11-18)31(28,29)25-16-5-9-20(25)22(27)24-15-6-14-23-21(26)17-7-3-2-4-8-17/h2-4,7-8,10-13,20H,5-6,9,14-16H2,1H3,(H,23,26)(H,24,27)/t20-/m0/s1. The first-order valence-electron chi connectivity index (χ1n) is 10.2. The highest BCUT2D eigenvalue weighted by Gasteiger charge is 2.39. The Morgan fingerprint density at radius 1 is 1.03 bits per heavy atom. The molecule has 1 aliphatic heterocycles. The molecule has 1 saturated heterocycles. The number of amides is 2. The first kappa shape index (κ1) is 22.8. The van der Waals surface area contributed by atoms with E-state index in [9.17, 15) is 18.0 Å². The number of rotatable bonds is 9. The summed E-state index contributed by atoms with van der Waals surface area (Å²) in [5.41, 5.74) is 0.580. The maximum Gasteiger partial charge on any atom is 0.251 e. The molecule has 2 N–H and O–H groups in total. The van der Waals surface area contributed by atoms with E-state index in [0.29, 0.717) is 50.2 Å². The fourth-order valence-corrected chi connectivity index (χ4v) is 5.14. The molecule has 9 heteroatoms. The maximum atomic E-state index is 13.0. The molecular formula is C22H27N3O5S. The third kappa shape index (κ3) is 5.62. The number of benzene rings is 2. The van der Waals surface area contributed by atoms with Crippen molar-refractivity contribution >= 4 is 21.8 Å². The van der Waals surface area contributed by atoms with Gasteiger partial charge in [0.1, 0.15) is 11.8 Å². The second kappa shape index (κ2) is 10.4. The van der Waals surface area contributed by atoms with E-state index in [1.54, 1.807) is 36.4 Å². The van der Waals surface area contributed by atoms with Crippen LogP contribution >= 0.6 is 0 Å². The summed E-state index contributed by atoms with van der Waals surface area (Å²) in [4.78, 5) is 24.8. The van der Waals surface area contributed by atoms with E-state index >= 15 is 0 Å². The van der Waals surface area contributed by atoms with Gasteiger partial charge < -0.3 is 15.4 Å². The summed E-state index contributed by atoms with van der Waals surface area (Å²) in [6, 6.07) is 14.3. The van der Waals surface area contributed by atoms with Crippen molar-refractivity contribution < 1.29 is 22.7 Å². The van der Waals surface area contributed by atoms with Crippen LogP contribution in [0, 0.1) is 0 Å². The minimum Gasteiger partial charge on any atom is -0.497 e. The lowest BCUT2D eigenvalue weighted by atomic mass is 10.2. The van der Waals surface area contributed by atoms with Gasteiger partial charge >= 0.3 is 0 Å². The number of sulfonamides is 1. The van der Waals surface area contributed by atoms with Crippen molar-refractivity contribution in [2.75, 3.05) is 26.7 Å². The molecule has 3 rings (SSSR count). The number of ether oxygens (including phenoxy) is 1. The van der Waals surface area contributed by atoms with Gasteiger partial charge in [-0.15, -0.1) is 0 Å². The Labute approximate surface area is 182 Å². The van der Waals surface area contributed by atoms with Gasteiger partial charge in [-0.1, -0.05) is 18.2 Å². The first-order chi connectivity index (χ1) is 14.9. The summed E-state index contributed by atoms with van der Waals surface area (Å²) in [5, 5.41) is 5.59. The van der Waals surface area contributed by atoms with Gasteiger partial charge in [-0.2, -0.15) is 4.31 Å². The SMILES string of the molecule is COc1ccc(S(=O)(=O)N2CCC[C@H]2C(=O)NCCCNC(=O)c2ccccc2)cc1. The Morgan fingerprint density at radius 3 is 2.39 bits per heavy atom. The minimum absolute atomic E-state index is 0.136. The van der Waals surface area contributed by atoms with E-state index in [4.69, 9.17) is 4.74 Å². The fourth-order valence-electron chi connectivity index (χ4n) is 3.48. The van der Waals surface area contributed by atoms with Crippen molar-refractivity contribution in [3.8, 4) is 5.75 Å². The molecule has 2 amide bonds. The lowest BCUT2D eigenvalue weighted by Gasteiger charge is -2.23. The zero-order valence-electron chi connectivity index (χ0n) is 17.4. The number of nitrogens with zero attached hydrogens (tertiary/aromatic N) is 1. The summed E-state index contributed by atoms with van der Waals surface area (Å²) < 4.78 is 32.3. The molecule has 0 aromatic heterocycles. The topological polar surface area (TPSA) is 105 Å². The molecule has 2 aromatic carbocycles. The Hall–Kier alpha value is -2.91. The first-order valence-corrected chi connectivity index (χ1v) is 11.6. The average molecular weight is 446 g/mol. The second-order valence-electron chi connectivity index (χ2n) is 7.22. The molecule has 1 fully saturated rings. The maximum absolute atomic E-state index is 13.0. The van der Waals surface area contributed by atoms with Crippen LogP contribution in [0.1, 0.15) is 29.6 Å². The van der Waals surface area contributed by atoms with Crippen LogP contribution in [0.2, 0.25) is 0 Å². The molecule has 1 heterocycles. The third-order valence-corrected chi connectivity index (χ3v) is 7.07. The van der Waals surface area contributed by atoms with Crippen LogP contribution in [-0.2, 0) is 14.8 Å². The van der Waals surface area contributed by atoms with Crippen LogP contribution < -0.4 is 15.4 Å². The van der Waals surface area contributed by atoms with Gasteiger partial charge in [-0.3, -0.25) is 9.59 Å². The van der Waals surface area contributed by atoms with Crippen molar-refractivity contribution in [2.24, 2.45) is 0 Å². The summed E-state index contributed by atoms with van der Waals surface area (Å²) >= 11 is 0. The molecule has 166 valence electrons. The number of hydrogen-bond donors (Lipinski definition) is 2. The Kier molecular flexibility index (Phi) is 7.64. The lowest BCUT2D eigenvalue weighted by Crippen LogP contribution is -2.46. The van der Waals surface area contributed by atoms with Gasteiger partial charge in [0.15, 0.2) is 0 Å². The molecule has 0 saturated carbocycles. The van der Waals surface area contributed by atoms with Gasteiger partial charge in [0.25, 0.3) is 5.91 Å². The third-order valence-electron chi connectivity index (χ3n) is 5.15. The molecule has 0 aliphatic carbocycles. The van der Waals surface area contributed by atoms with E-state index in [-0.39, 0.29) is 16.7 Å². The van der Waals surface area contributed by atoms with Crippen LogP contribution in [0.3, 0.4) is 0 Å². The molecule has 0 unspecified atom stereocenters. The van der Waals surface area contributed by atoms with Crippen molar-refractivity contribution in [1.82, 2.24) is 14.9 Å². The minimum atomic E-state index is -3.78. The van der Waals surface area contributed by atoms with E-state index in [2.05, 4.69) is 10.6 Å². The smallest absolute Gasteiger partial charge is 0.251 e. The normalized spacial score (nSPS) is 16.6. The molecular weight excluding hydrogens is 418 g/mol. The fraction of sp³-hybridized carbons (Fsp3) is 0.364. The van der Waals surface area contributed by atoms with Crippen LogP contribution in [0.15, 0.2) is 59.5 Å². The molecule has 8 nitrogen and oxygen atoms in total. The monoisotopic (exact) mass is 445 g/mol.